The first kappa shape index (κ1) is 32.8. The molecule has 0 saturated heterocycles. The maximum absolute atomic E-state index is 6.61. The fraction of sp³-hybridized carbons (Fsp3) is 0.0545. The molecule has 0 unspecified atom stereocenters. The molecule has 1 aliphatic rings. The quantitative estimate of drug-likeness (QED) is 0.176. The largest absolute Gasteiger partial charge is 0.456 e. The van der Waals surface area contributed by atoms with Gasteiger partial charge in [-0.05, 0) is 105 Å². The lowest BCUT2D eigenvalue weighted by Crippen LogP contribution is -2.17. The molecule has 0 amide bonds. The van der Waals surface area contributed by atoms with Crippen molar-refractivity contribution < 1.29 is 8.83 Å². The molecule has 1 aliphatic carbocycles. The van der Waals surface area contributed by atoms with Gasteiger partial charge in [-0.25, -0.2) is 0 Å². The van der Waals surface area contributed by atoms with E-state index >= 15 is 0 Å². The number of rotatable bonds is 5. The molecule has 11 aromatic rings. The summed E-state index contributed by atoms with van der Waals surface area (Å²) in [5.41, 5.74) is 16.4. The van der Waals surface area contributed by atoms with Gasteiger partial charge in [-0.15, -0.1) is 0 Å². The van der Waals surface area contributed by atoms with Gasteiger partial charge in [0.25, 0.3) is 0 Å². The lowest BCUT2D eigenvalue weighted by atomic mass is 9.82. The standard InChI is InChI=1S/C55H37NO2/c1-55(2)45-19-9-5-16-40(45)41-27-26-38(33-46(41)55)56(47-20-10-6-15-39(47)36-25-29-51-44(32-36)42-17-7-11-21-49(42)57-51)48-28-30-52-54(43-18-8-12-22-50(43)58-52)53(48)37-24-23-34-13-3-4-14-35(34)31-37/h3-33H,1-2H3. The Hall–Kier alpha value is -7.36. The average Bonchev–Trinajstić information content (AvgIpc) is 3.91. The Labute approximate surface area is 336 Å². The van der Waals surface area contributed by atoms with Gasteiger partial charge in [-0.1, -0.05) is 141 Å². The van der Waals surface area contributed by atoms with Crippen LogP contribution in [0.5, 0.6) is 0 Å². The predicted molar refractivity (Wildman–Crippen MR) is 242 cm³/mol. The van der Waals surface area contributed by atoms with E-state index in [-0.39, 0.29) is 5.41 Å². The van der Waals surface area contributed by atoms with E-state index in [9.17, 15) is 0 Å². The number of nitrogens with zero attached hydrogens (tertiary/aromatic N) is 1. The highest BCUT2D eigenvalue weighted by atomic mass is 16.3. The van der Waals surface area contributed by atoms with Crippen LogP contribution in [0.4, 0.5) is 17.1 Å². The van der Waals surface area contributed by atoms with Gasteiger partial charge < -0.3 is 13.7 Å². The summed E-state index contributed by atoms with van der Waals surface area (Å²) in [5, 5.41) is 6.83. The second kappa shape index (κ2) is 12.3. The maximum atomic E-state index is 6.61. The highest BCUT2D eigenvalue weighted by Gasteiger charge is 2.36. The molecule has 0 bridgehead atoms. The smallest absolute Gasteiger partial charge is 0.136 e. The van der Waals surface area contributed by atoms with Crippen LogP contribution in [0.25, 0.3) is 88.0 Å². The van der Waals surface area contributed by atoms with Crippen LogP contribution >= 0.6 is 0 Å². The van der Waals surface area contributed by atoms with Gasteiger partial charge in [0.05, 0.1) is 11.4 Å². The van der Waals surface area contributed by atoms with Crippen molar-refractivity contribution in [1.82, 2.24) is 0 Å². The molecule has 0 fully saturated rings. The Kier molecular flexibility index (Phi) is 6.98. The van der Waals surface area contributed by atoms with E-state index in [1.807, 2.05) is 18.2 Å². The zero-order valence-electron chi connectivity index (χ0n) is 32.2. The van der Waals surface area contributed by atoms with E-state index < -0.39 is 0 Å². The highest BCUT2D eigenvalue weighted by molar-refractivity contribution is 6.17. The van der Waals surface area contributed by atoms with Gasteiger partial charge in [0.15, 0.2) is 0 Å². The van der Waals surface area contributed by atoms with Gasteiger partial charge in [0.2, 0.25) is 0 Å². The van der Waals surface area contributed by atoms with Crippen LogP contribution in [0.3, 0.4) is 0 Å². The predicted octanol–water partition coefficient (Wildman–Crippen LogP) is 15.7. The third-order valence-corrected chi connectivity index (χ3v) is 12.5. The molecule has 58 heavy (non-hydrogen) atoms. The van der Waals surface area contributed by atoms with Crippen molar-refractivity contribution in [2.24, 2.45) is 0 Å². The fourth-order valence-electron chi connectivity index (χ4n) is 9.67. The summed E-state index contributed by atoms with van der Waals surface area (Å²) in [6.45, 7) is 4.71. The summed E-state index contributed by atoms with van der Waals surface area (Å²) in [5.74, 6) is 0. The normalized spacial score (nSPS) is 13.1. The molecule has 3 nitrogen and oxygen atoms in total. The van der Waals surface area contributed by atoms with E-state index in [1.165, 1.54) is 33.0 Å². The molecule has 0 radical (unpaired) electrons. The molecule has 0 N–H and O–H groups in total. The summed E-state index contributed by atoms with van der Waals surface area (Å²) in [6.07, 6.45) is 0. The summed E-state index contributed by atoms with van der Waals surface area (Å²) in [6, 6.07) is 67.9. The molecular formula is C55H37NO2. The van der Waals surface area contributed by atoms with Gasteiger partial charge in [0.1, 0.15) is 22.3 Å². The summed E-state index contributed by atoms with van der Waals surface area (Å²) >= 11 is 0. The maximum Gasteiger partial charge on any atom is 0.136 e. The minimum atomic E-state index is -0.174. The number of para-hydroxylation sites is 3. The Morgan fingerprint density at radius 3 is 1.91 bits per heavy atom. The highest BCUT2D eigenvalue weighted by Crippen LogP contribution is 2.53. The lowest BCUT2D eigenvalue weighted by Gasteiger charge is -2.31. The Morgan fingerprint density at radius 2 is 1.03 bits per heavy atom. The topological polar surface area (TPSA) is 29.5 Å². The summed E-state index contributed by atoms with van der Waals surface area (Å²) in [7, 11) is 0. The van der Waals surface area contributed by atoms with Crippen LogP contribution in [0, 0.1) is 0 Å². The number of hydrogen-bond donors (Lipinski definition) is 0. The monoisotopic (exact) mass is 743 g/mol. The van der Waals surface area contributed by atoms with Crippen molar-refractivity contribution in [2.75, 3.05) is 4.90 Å². The van der Waals surface area contributed by atoms with E-state index in [1.54, 1.807) is 0 Å². The molecular weight excluding hydrogens is 707 g/mol. The number of anilines is 3. The minimum Gasteiger partial charge on any atom is -0.456 e. The first-order valence-corrected chi connectivity index (χ1v) is 20.0. The van der Waals surface area contributed by atoms with E-state index in [4.69, 9.17) is 8.83 Å². The van der Waals surface area contributed by atoms with Gasteiger partial charge in [0, 0.05) is 43.8 Å². The third-order valence-electron chi connectivity index (χ3n) is 12.5. The van der Waals surface area contributed by atoms with Gasteiger partial charge >= 0.3 is 0 Å². The van der Waals surface area contributed by atoms with Crippen LogP contribution < -0.4 is 4.90 Å². The molecule has 0 aliphatic heterocycles. The molecule has 12 rings (SSSR count). The van der Waals surface area contributed by atoms with Crippen LogP contribution in [0.2, 0.25) is 0 Å². The van der Waals surface area contributed by atoms with Crippen LogP contribution in [0.15, 0.2) is 197 Å². The second-order valence-electron chi connectivity index (χ2n) is 16.1. The van der Waals surface area contributed by atoms with Crippen LogP contribution in [-0.4, -0.2) is 0 Å². The number of fused-ring (bicyclic) bond motifs is 10. The van der Waals surface area contributed by atoms with Crippen molar-refractivity contribution in [3.05, 3.63) is 199 Å². The van der Waals surface area contributed by atoms with Crippen molar-refractivity contribution in [3.63, 3.8) is 0 Å². The number of hydrogen-bond acceptors (Lipinski definition) is 3. The first-order valence-electron chi connectivity index (χ1n) is 20.0. The molecule has 0 spiro atoms. The molecule has 9 aromatic carbocycles. The lowest BCUT2D eigenvalue weighted by molar-refractivity contribution is 0.660. The fourth-order valence-corrected chi connectivity index (χ4v) is 9.67. The van der Waals surface area contributed by atoms with E-state index in [0.717, 1.165) is 83.2 Å². The average molecular weight is 744 g/mol. The van der Waals surface area contributed by atoms with E-state index in [2.05, 4.69) is 189 Å². The molecule has 2 aromatic heterocycles. The first-order chi connectivity index (χ1) is 28.5. The Morgan fingerprint density at radius 1 is 0.397 bits per heavy atom. The zero-order valence-corrected chi connectivity index (χ0v) is 32.2. The number of benzene rings is 9. The zero-order chi connectivity index (χ0) is 38.5. The van der Waals surface area contributed by atoms with E-state index in [0.29, 0.717) is 0 Å². The van der Waals surface area contributed by atoms with Crippen LogP contribution in [0.1, 0.15) is 25.0 Å². The van der Waals surface area contributed by atoms with Crippen molar-refractivity contribution in [1.29, 1.82) is 0 Å². The van der Waals surface area contributed by atoms with Crippen molar-refractivity contribution in [2.45, 2.75) is 19.3 Å². The Bertz CT molecular complexity index is 3450. The number of furan rings is 2. The Balaban J connectivity index is 1.17. The SMILES string of the molecule is CC1(C)c2ccccc2-c2ccc(N(c3ccccc3-c3ccc4oc5ccccc5c4c3)c3ccc4oc5ccccc5c4c3-c3ccc4ccccc4c3)cc21. The molecule has 0 saturated carbocycles. The van der Waals surface area contributed by atoms with Gasteiger partial charge in [-0.3, -0.25) is 0 Å². The molecule has 2 heterocycles. The third kappa shape index (κ3) is 4.80. The second-order valence-corrected chi connectivity index (χ2v) is 16.1. The summed E-state index contributed by atoms with van der Waals surface area (Å²) in [4.78, 5) is 2.48. The molecule has 0 atom stereocenters. The van der Waals surface area contributed by atoms with Crippen molar-refractivity contribution >= 4 is 71.7 Å². The minimum absolute atomic E-state index is 0.174. The molecule has 3 heteroatoms. The van der Waals surface area contributed by atoms with Crippen LogP contribution in [-0.2, 0) is 5.41 Å². The van der Waals surface area contributed by atoms with Crippen molar-refractivity contribution in [3.8, 4) is 33.4 Å². The molecule has 274 valence electrons. The van der Waals surface area contributed by atoms with Gasteiger partial charge in [-0.2, -0.15) is 0 Å². The summed E-state index contributed by atoms with van der Waals surface area (Å²) < 4.78 is 12.9.